The van der Waals surface area contributed by atoms with Crippen LogP contribution in [0.25, 0.3) is 11.1 Å². The van der Waals surface area contributed by atoms with Gasteiger partial charge in [0, 0.05) is 38.3 Å². The van der Waals surface area contributed by atoms with E-state index in [-0.39, 0.29) is 6.10 Å². The smallest absolute Gasteiger partial charge is 0.124 e. The predicted molar refractivity (Wildman–Crippen MR) is 96.8 cm³/mol. The fraction of sp³-hybridized carbons (Fsp3) is 0.400. The molecule has 0 spiro atoms. The van der Waals surface area contributed by atoms with Crippen molar-refractivity contribution in [3.05, 3.63) is 48.5 Å². The summed E-state index contributed by atoms with van der Waals surface area (Å²) in [5.41, 5.74) is 3.77. The van der Waals surface area contributed by atoms with Gasteiger partial charge in [-0.05, 0) is 35.4 Å². The minimum absolute atomic E-state index is 0.203. The van der Waals surface area contributed by atoms with Gasteiger partial charge in [-0.1, -0.05) is 24.3 Å². The number of hydrogen-bond acceptors (Lipinski definition) is 4. The lowest BCUT2D eigenvalue weighted by Gasteiger charge is -2.29. The van der Waals surface area contributed by atoms with E-state index >= 15 is 0 Å². The molecule has 2 fully saturated rings. The normalized spacial score (nSPS) is 21.0. The second kappa shape index (κ2) is 7.24. The molecule has 2 heterocycles. The molecule has 24 heavy (non-hydrogen) atoms. The van der Waals surface area contributed by atoms with Crippen LogP contribution in [-0.2, 0) is 4.74 Å². The molecule has 126 valence electrons. The van der Waals surface area contributed by atoms with Crippen molar-refractivity contribution in [3.8, 4) is 16.9 Å². The van der Waals surface area contributed by atoms with Gasteiger partial charge in [-0.3, -0.25) is 0 Å². The molecule has 4 heteroatoms. The monoisotopic (exact) mass is 324 g/mol. The molecular formula is C20H24N2O2. The Morgan fingerprint density at radius 2 is 1.58 bits per heavy atom. The van der Waals surface area contributed by atoms with Gasteiger partial charge in [0.15, 0.2) is 0 Å². The fourth-order valence-electron chi connectivity index (χ4n) is 3.31. The molecule has 0 amide bonds. The summed E-state index contributed by atoms with van der Waals surface area (Å²) in [4.78, 5) is 2.43. The van der Waals surface area contributed by atoms with Crippen molar-refractivity contribution < 1.29 is 9.47 Å². The van der Waals surface area contributed by atoms with Crippen molar-refractivity contribution in [2.75, 3.05) is 44.3 Å². The van der Waals surface area contributed by atoms with Crippen LogP contribution in [0.4, 0.5) is 5.69 Å². The van der Waals surface area contributed by atoms with Gasteiger partial charge in [-0.15, -0.1) is 0 Å². The van der Waals surface area contributed by atoms with Gasteiger partial charge in [0.25, 0.3) is 0 Å². The number of nitrogens with zero attached hydrogens (tertiary/aromatic N) is 1. The lowest BCUT2D eigenvalue weighted by molar-refractivity contribution is 0.141. The van der Waals surface area contributed by atoms with E-state index in [1.165, 1.54) is 16.8 Å². The second-order valence-electron chi connectivity index (χ2n) is 6.41. The van der Waals surface area contributed by atoms with Crippen LogP contribution in [0, 0.1) is 0 Å². The Kier molecular flexibility index (Phi) is 4.67. The molecule has 2 aromatic carbocycles. The summed E-state index contributed by atoms with van der Waals surface area (Å²) in [6.45, 7) is 5.80. The van der Waals surface area contributed by atoms with Crippen molar-refractivity contribution in [1.82, 2.24) is 5.32 Å². The number of anilines is 1. The molecule has 4 nitrogen and oxygen atoms in total. The number of nitrogens with one attached hydrogen (secondary N) is 1. The molecule has 2 aliphatic heterocycles. The first-order chi connectivity index (χ1) is 11.9. The highest BCUT2D eigenvalue weighted by molar-refractivity contribution is 5.67. The zero-order valence-corrected chi connectivity index (χ0v) is 13.9. The van der Waals surface area contributed by atoms with Gasteiger partial charge in [-0.25, -0.2) is 0 Å². The van der Waals surface area contributed by atoms with Crippen molar-refractivity contribution in [3.63, 3.8) is 0 Å². The van der Waals surface area contributed by atoms with E-state index in [9.17, 15) is 0 Å². The van der Waals surface area contributed by atoms with Crippen LogP contribution >= 0.6 is 0 Å². The number of hydrogen-bond donors (Lipinski definition) is 1. The highest BCUT2D eigenvalue weighted by atomic mass is 16.5. The molecule has 2 aromatic rings. The Balaban J connectivity index is 1.43. The minimum atomic E-state index is 0.203. The number of benzene rings is 2. The molecular weight excluding hydrogens is 300 g/mol. The Morgan fingerprint density at radius 1 is 0.917 bits per heavy atom. The SMILES string of the molecule is c1cc(-c2ccc(N3CCNCC3)cc2)ccc1OC1CCOC1. The molecule has 0 aromatic heterocycles. The van der Waals surface area contributed by atoms with Crippen LogP contribution in [0.5, 0.6) is 5.75 Å². The lowest BCUT2D eigenvalue weighted by atomic mass is 10.0. The van der Waals surface area contributed by atoms with Gasteiger partial charge in [0.05, 0.1) is 13.2 Å². The molecule has 2 saturated heterocycles. The minimum Gasteiger partial charge on any atom is -0.488 e. The first-order valence-corrected chi connectivity index (χ1v) is 8.79. The summed E-state index contributed by atoms with van der Waals surface area (Å²) in [6, 6.07) is 17.2. The number of ether oxygens (including phenoxy) is 2. The molecule has 0 radical (unpaired) electrons. The zero-order chi connectivity index (χ0) is 16.2. The maximum atomic E-state index is 5.93. The van der Waals surface area contributed by atoms with E-state index in [1.54, 1.807) is 0 Å². The summed E-state index contributed by atoms with van der Waals surface area (Å²) in [5, 5.41) is 3.39. The standard InChI is InChI=1S/C20H24N2O2/c1-5-18(22-12-10-21-11-13-22)6-2-16(1)17-3-7-19(8-4-17)24-20-9-14-23-15-20/h1-8,20-21H,9-15H2. The van der Waals surface area contributed by atoms with Crippen LogP contribution < -0.4 is 15.0 Å². The molecule has 4 rings (SSSR count). The third-order valence-electron chi connectivity index (χ3n) is 4.73. The van der Waals surface area contributed by atoms with Crippen molar-refractivity contribution in [2.24, 2.45) is 0 Å². The summed E-state index contributed by atoms with van der Waals surface area (Å²) < 4.78 is 11.3. The third-order valence-corrected chi connectivity index (χ3v) is 4.73. The fourth-order valence-corrected chi connectivity index (χ4v) is 3.31. The van der Waals surface area contributed by atoms with E-state index in [2.05, 4.69) is 58.7 Å². The number of piperazine rings is 1. The summed E-state index contributed by atoms with van der Waals surface area (Å²) in [7, 11) is 0. The quantitative estimate of drug-likeness (QED) is 0.937. The van der Waals surface area contributed by atoms with Crippen LogP contribution in [0.2, 0.25) is 0 Å². The Bertz CT molecular complexity index is 642. The zero-order valence-electron chi connectivity index (χ0n) is 13.9. The largest absolute Gasteiger partial charge is 0.488 e. The third kappa shape index (κ3) is 3.55. The first-order valence-electron chi connectivity index (χ1n) is 8.79. The molecule has 1 N–H and O–H groups in total. The molecule has 2 aliphatic rings. The van der Waals surface area contributed by atoms with Crippen LogP contribution in [0.3, 0.4) is 0 Å². The Hall–Kier alpha value is -2.04. The van der Waals surface area contributed by atoms with E-state index in [1.807, 2.05) is 0 Å². The molecule has 0 saturated carbocycles. The maximum absolute atomic E-state index is 5.93. The highest BCUT2D eigenvalue weighted by Crippen LogP contribution is 2.26. The Labute approximate surface area is 143 Å². The van der Waals surface area contributed by atoms with Gasteiger partial charge >= 0.3 is 0 Å². The van der Waals surface area contributed by atoms with Crippen LogP contribution in [0.1, 0.15) is 6.42 Å². The van der Waals surface area contributed by atoms with Gasteiger partial charge in [0.2, 0.25) is 0 Å². The molecule has 0 aliphatic carbocycles. The van der Waals surface area contributed by atoms with Crippen molar-refractivity contribution >= 4 is 5.69 Å². The van der Waals surface area contributed by atoms with Crippen LogP contribution in [-0.4, -0.2) is 45.5 Å². The summed E-state index contributed by atoms with van der Waals surface area (Å²) in [6.07, 6.45) is 1.18. The highest BCUT2D eigenvalue weighted by Gasteiger charge is 2.17. The van der Waals surface area contributed by atoms with Gasteiger partial charge < -0.3 is 19.7 Å². The maximum Gasteiger partial charge on any atom is 0.124 e. The topological polar surface area (TPSA) is 33.7 Å². The van der Waals surface area contributed by atoms with Gasteiger partial charge in [-0.2, -0.15) is 0 Å². The molecule has 0 bridgehead atoms. The molecule has 1 atom stereocenters. The average molecular weight is 324 g/mol. The Morgan fingerprint density at radius 3 is 2.21 bits per heavy atom. The van der Waals surface area contributed by atoms with Gasteiger partial charge in [0.1, 0.15) is 11.9 Å². The summed E-state index contributed by atoms with van der Waals surface area (Å²) >= 11 is 0. The summed E-state index contributed by atoms with van der Waals surface area (Å²) in [5.74, 6) is 0.923. The van der Waals surface area contributed by atoms with Crippen molar-refractivity contribution in [2.45, 2.75) is 12.5 Å². The van der Waals surface area contributed by atoms with E-state index < -0.39 is 0 Å². The van der Waals surface area contributed by atoms with E-state index in [0.29, 0.717) is 6.61 Å². The second-order valence-corrected chi connectivity index (χ2v) is 6.41. The molecule has 1 unspecified atom stereocenters. The van der Waals surface area contributed by atoms with Crippen LogP contribution in [0.15, 0.2) is 48.5 Å². The first kappa shape index (κ1) is 15.5. The number of rotatable bonds is 4. The van der Waals surface area contributed by atoms with E-state index in [4.69, 9.17) is 9.47 Å². The van der Waals surface area contributed by atoms with Crippen molar-refractivity contribution in [1.29, 1.82) is 0 Å². The lowest BCUT2D eigenvalue weighted by Crippen LogP contribution is -2.43. The predicted octanol–water partition coefficient (Wildman–Crippen LogP) is 2.93. The van der Waals surface area contributed by atoms with E-state index in [0.717, 1.165) is 45.0 Å². The average Bonchev–Trinajstić information content (AvgIpc) is 3.16.